The van der Waals surface area contributed by atoms with Gasteiger partial charge in [-0.1, -0.05) is 23.8 Å². The highest BCUT2D eigenvalue weighted by molar-refractivity contribution is 7.90. The van der Waals surface area contributed by atoms with Crippen molar-refractivity contribution < 1.29 is 12.8 Å². The van der Waals surface area contributed by atoms with Gasteiger partial charge in [0.25, 0.3) is 0 Å². The third kappa shape index (κ3) is 4.89. The Bertz CT molecular complexity index is 892. The molecule has 0 radical (unpaired) electrons. The number of halogens is 1. The van der Waals surface area contributed by atoms with Crippen molar-refractivity contribution in [3.05, 3.63) is 65.8 Å². The first-order valence-electron chi connectivity index (χ1n) is 8.04. The minimum absolute atomic E-state index is 0.251. The lowest BCUT2D eigenvalue weighted by Gasteiger charge is -2.07. The molecule has 134 valence electrons. The molecule has 25 heavy (non-hydrogen) atoms. The van der Waals surface area contributed by atoms with E-state index in [9.17, 15) is 12.8 Å². The number of hydrogen-bond donors (Lipinski definition) is 0. The lowest BCUT2D eigenvalue weighted by molar-refractivity contribution is 0.366. The van der Waals surface area contributed by atoms with Crippen molar-refractivity contribution in [1.29, 1.82) is 0 Å². The van der Waals surface area contributed by atoms with Crippen LogP contribution in [0.15, 0.2) is 59.2 Å². The number of nitrogens with zero attached hydrogens (tertiary/aromatic N) is 2. The first-order chi connectivity index (χ1) is 11.7. The van der Waals surface area contributed by atoms with E-state index < -0.39 is 16.0 Å². The summed E-state index contributed by atoms with van der Waals surface area (Å²) in [6.45, 7) is 5.39. The van der Waals surface area contributed by atoms with E-state index in [2.05, 4.69) is 4.98 Å². The molecule has 1 unspecified atom stereocenters. The van der Waals surface area contributed by atoms with E-state index >= 15 is 0 Å². The molecular weight excluding hydrogens is 339 g/mol. The largest absolute Gasteiger partial charge is 0.303 e. The van der Waals surface area contributed by atoms with Crippen LogP contribution in [0.2, 0.25) is 0 Å². The second kappa shape index (κ2) is 7.78. The fraction of sp³-hybridized carbons (Fsp3) is 0.316. The van der Waals surface area contributed by atoms with E-state index in [0.29, 0.717) is 17.9 Å². The molecule has 2 aromatic rings. The number of allylic oxidation sites excluding steroid dienone is 4. The van der Waals surface area contributed by atoms with Crippen LogP contribution in [0.3, 0.4) is 0 Å². The highest BCUT2D eigenvalue weighted by Gasteiger charge is 2.14. The molecule has 0 aliphatic rings. The molecule has 6 heteroatoms. The first kappa shape index (κ1) is 19.1. The highest BCUT2D eigenvalue weighted by atomic mass is 32.2. The second-order valence-electron chi connectivity index (χ2n) is 5.99. The van der Waals surface area contributed by atoms with Gasteiger partial charge in [0.2, 0.25) is 0 Å². The summed E-state index contributed by atoms with van der Waals surface area (Å²) in [6.07, 6.45) is 8.18. The van der Waals surface area contributed by atoms with Gasteiger partial charge in [-0.05, 0) is 45.0 Å². The Balaban J connectivity index is 2.43. The molecule has 0 spiro atoms. The molecular formula is C19H23FN2O2S. The van der Waals surface area contributed by atoms with Crippen molar-refractivity contribution in [3.8, 4) is 5.69 Å². The van der Waals surface area contributed by atoms with Crippen LogP contribution >= 0.6 is 0 Å². The van der Waals surface area contributed by atoms with Gasteiger partial charge in [-0.15, -0.1) is 0 Å². The van der Waals surface area contributed by atoms with Gasteiger partial charge >= 0.3 is 0 Å². The summed E-state index contributed by atoms with van der Waals surface area (Å²) >= 11 is 0. The van der Waals surface area contributed by atoms with Crippen LogP contribution in [0.1, 0.15) is 38.5 Å². The topological polar surface area (TPSA) is 52.0 Å². The van der Waals surface area contributed by atoms with Gasteiger partial charge in [0.1, 0.15) is 12.0 Å². The number of alkyl halides is 1. The van der Waals surface area contributed by atoms with Crippen LogP contribution in [-0.2, 0) is 16.3 Å². The number of imidazole rings is 1. The summed E-state index contributed by atoms with van der Waals surface area (Å²) < 4.78 is 38.7. The SMILES string of the molecule is C/C=C\C(C)=C/Cc1nc(C(C)F)cn1-c1ccc(S(C)(=O)=O)cc1. The van der Waals surface area contributed by atoms with Gasteiger partial charge in [-0.2, -0.15) is 0 Å². The van der Waals surface area contributed by atoms with Gasteiger partial charge in [0, 0.05) is 24.6 Å². The summed E-state index contributed by atoms with van der Waals surface area (Å²) in [6, 6.07) is 6.51. The van der Waals surface area contributed by atoms with Crippen LogP contribution in [-0.4, -0.2) is 24.2 Å². The number of hydrogen-bond acceptors (Lipinski definition) is 3. The molecule has 0 aliphatic carbocycles. The molecule has 0 saturated carbocycles. The molecule has 1 aromatic carbocycles. The molecule has 2 rings (SSSR count). The van der Waals surface area contributed by atoms with Crippen molar-refractivity contribution in [1.82, 2.24) is 9.55 Å². The summed E-state index contributed by atoms with van der Waals surface area (Å²) in [5.74, 6) is 0.704. The Morgan fingerprint density at radius 3 is 2.48 bits per heavy atom. The van der Waals surface area contributed by atoms with E-state index in [1.807, 2.05) is 32.1 Å². The van der Waals surface area contributed by atoms with Crippen LogP contribution in [0.5, 0.6) is 0 Å². The van der Waals surface area contributed by atoms with Crippen molar-refractivity contribution in [2.24, 2.45) is 0 Å². The molecule has 0 saturated heterocycles. The zero-order valence-electron chi connectivity index (χ0n) is 14.9. The van der Waals surface area contributed by atoms with Gasteiger partial charge in [0.05, 0.1) is 10.6 Å². The average molecular weight is 362 g/mol. The second-order valence-corrected chi connectivity index (χ2v) is 8.00. The quantitative estimate of drug-likeness (QED) is 0.717. The Kier molecular flexibility index (Phi) is 5.95. The zero-order valence-corrected chi connectivity index (χ0v) is 15.7. The van der Waals surface area contributed by atoms with Gasteiger partial charge < -0.3 is 4.57 Å². The summed E-state index contributed by atoms with van der Waals surface area (Å²) in [5, 5.41) is 0. The van der Waals surface area contributed by atoms with E-state index in [0.717, 1.165) is 11.3 Å². The summed E-state index contributed by atoms with van der Waals surface area (Å²) in [7, 11) is -3.25. The average Bonchev–Trinajstić information content (AvgIpc) is 2.97. The van der Waals surface area contributed by atoms with Crippen molar-refractivity contribution in [3.63, 3.8) is 0 Å². The molecule has 0 N–H and O–H groups in total. The number of sulfone groups is 1. The van der Waals surface area contributed by atoms with E-state index in [1.54, 1.807) is 35.0 Å². The predicted octanol–water partition coefficient (Wildman–Crippen LogP) is 4.37. The molecule has 1 atom stereocenters. The van der Waals surface area contributed by atoms with Crippen LogP contribution in [0, 0.1) is 0 Å². The number of rotatable bonds is 6. The zero-order chi connectivity index (χ0) is 18.6. The Morgan fingerprint density at radius 2 is 1.96 bits per heavy atom. The maximum atomic E-state index is 13.7. The van der Waals surface area contributed by atoms with Crippen LogP contribution in [0.25, 0.3) is 5.69 Å². The molecule has 0 bridgehead atoms. The normalized spacial score (nSPS) is 14.2. The standard InChI is InChI=1S/C19H23FN2O2S/c1-5-6-14(2)7-12-19-21-18(15(3)20)13-22(19)16-8-10-17(11-9-16)25(4,23)24/h5-11,13,15H,12H2,1-4H3/b6-5-,14-7-. The minimum atomic E-state index is -3.25. The van der Waals surface area contributed by atoms with Crippen molar-refractivity contribution in [2.75, 3.05) is 6.26 Å². The molecule has 0 aliphatic heterocycles. The third-order valence-corrected chi connectivity index (χ3v) is 4.91. The molecule has 0 amide bonds. The van der Waals surface area contributed by atoms with Crippen LogP contribution < -0.4 is 0 Å². The van der Waals surface area contributed by atoms with Crippen molar-refractivity contribution in [2.45, 2.75) is 38.3 Å². The molecule has 4 nitrogen and oxygen atoms in total. The van der Waals surface area contributed by atoms with Crippen molar-refractivity contribution >= 4 is 9.84 Å². The lowest BCUT2D eigenvalue weighted by atomic mass is 10.2. The highest BCUT2D eigenvalue weighted by Crippen LogP contribution is 2.21. The van der Waals surface area contributed by atoms with Gasteiger partial charge in [0.15, 0.2) is 9.84 Å². The first-order valence-corrected chi connectivity index (χ1v) is 9.93. The van der Waals surface area contributed by atoms with E-state index in [-0.39, 0.29) is 4.90 Å². The van der Waals surface area contributed by atoms with Crippen LogP contribution in [0.4, 0.5) is 4.39 Å². The predicted molar refractivity (Wildman–Crippen MR) is 98.5 cm³/mol. The third-order valence-electron chi connectivity index (χ3n) is 3.78. The number of benzene rings is 1. The fourth-order valence-electron chi connectivity index (χ4n) is 2.43. The summed E-state index contributed by atoms with van der Waals surface area (Å²) in [5.41, 5.74) is 2.21. The molecule has 1 aromatic heterocycles. The minimum Gasteiger partial charge on any atom is -0.303 e. The molecule has 1 heterocycles. The number of aromatic nitrogens is 2. The van der Waals surface area contributed by atoms with Gasteiger partial charge in [-0.25, -0.2) is 17.8 Å². The lowest BCUT2D eigenvalue weighted by Crippen LogP contribution is -2.01. The molecule has 0 fully saturated rings. The Morgan fingerprint density at radius 1 is 1.32 bits per heavy atom. The fourth-order valence-corrected chi connectivity index (χ4v) is 3.07. The smallest absolute Gasteiger partial charge is 0.175 e. The van der Waals surface area contributed by atoms with E-state index in [4.69, 9.17) is 0 Å². The maximum Gasteiger partial charge on any atom is 0.175 e. The Labute approximate surface area is 148 Å². The monoisotopic (exact) mass is 362 g/mol. The van der Waals surface area contributed by atoms with Gasteiger partial charge in [-0.3, -0.25) is 0 Å². The Hall–Kier alpha value is -2.21. The summed E-state index contributed by atoms with van der Waals surface area (Å²) in [4.78, 5) is 4.64. The van der Waals surface area contributed by atoms with E-state index in [1.165, 1.54) is 13.2 Å². The maximum absolute atomic E-state index is 13.7.